The summed E-state index contributed by atoms with van der Waals surface area (Å²) in [4.78, 5) is 9.14. The van der Waals surface area contributed by atoms with Gasteiger partial charge < -0.3 is 10.1 Å². The Morgan fingerprint density at radius 2 is 1.89 bits per heavy atom. The molecule has 2 rings (SSSR count). The summed E-state index contributed by atoms with van der Waals surface area (Å²) in [5.74, 6) is 0.834. The standard InChI is InChI=1S/C14H19N3O/c1-4-18-9-10(2)15-14-11(3)16-12-7-5-6-8-13(12)17-14/h5-8,10H,4,9H2,1-3H3,(H,15,17). The number of anilines is 1. The molecule has 4 heteroatoms. The molecule has 4 nitrogen and oxygen atoms in total. The van der Waals surface area contributed by atoms with Crippen LogP contribution in [0.15, 0.2) is 24.3 Å². The van der Waals surface area contributed by atoms with Gasteiger partial charge in [0.2, 0.25) is 0 Å². The van der Waals surface area contributed by atoms with Crippen LogP contribution in [0.25, 0.3) is 11.0 Å². The highest BCUT2D eigenvalue weighted by molar-refractivity contribution is 5.76. The van der Waals surface area contributed by atoms with Gasteiger partial charge in [0, 0.05) is 12.6 Å². The lowest BCUT2D eigenvalue weighted by molar-refractivity contribution is 0.141. The Kier molecular flexibility index (Phi) is 4.10. The van der Waals surface area contributed by atoms with Crippen LogP contribution < -0.4 is 5.32 Å². The molecule has 96 valence electrons. The number of nitrogens with one attached hydrogen (secondary N) is 1. The number of aryl methyl sites for hydroxylation is 1. The number of para-hydroxylation sites is 2. The second kappa shape index (κ2) is 5.78. The van der Waals surface area contributed by atoms with Crippen LogP contribution in [0, 0.1) is 6.92 Å². The summed E-state index contributed by atoms with van der Waals surface area (Å²) in [6.45, 7) is 7.44. The van der Waals surface area contributed by atoms with E-state index in [-0.39, 0.29) is 6.04 Å². The highest BCUT2D eigenvalue weighted by Crippen LogP contribution is 2.16. The summed E-state index contributed by atoms with van der Waals surface area (Å²) in [5.41, 5.74) is 2.75. The molecule has 1 atom stereocenters. The Bertz CT molecular complexity index is 527. The average Bonchev–Trinajstić information content (AvgIpc) is 2.37. The molecule has 0 fully saturated rings. The quantitative estimate of drug-likeness (QED) is 0.880. The van der Waals surface area contributed by atoms with Crippen molar-refractivity contribution in [3.63, 3.8) is 0 Å². The van der Waals surface area contributed by atoms with Crippen molar-refractivity contribution in [2.75, 3.05) is 18.5 Å². The molecule has 0 aliphatic carbocycles. The summed E-state index contributed by atoms with van der Waals surface area (Å²) in [5, 5.41) is 3.34. The minimum Gasteiger partial charge on any atom is -0.380 e. The van der Waals surface area contributed by atoms with E-state index in [1.165, 1.54) is 0 Å². The van der Waals surface area contributed by atoms with E-state index in [2.05, 4.69) is 22.2 Å². The Hall–Kier alpha value is -1.68. The highest BCUT2D eigenvalue weighted by Gasteiger charge is 2.08. The van der Waals surface area contributed by atoms with Crippen molar-refractivity contribution in [2.24, 2.45) is 0 Å². The zero-order chi connectivity index (χ0) is 13.0. The van der Waals surface area contributed by atoms with E-state index >= 15 is 0 Å². The Morgan fingerprint density at radius 3 is 2.56 bits per heavy atom. The van der Waals surface area contributed by atoms with Crippen molar-refractivity contribution in [3.8, 4) is 0 Å². The molecule has 0 bridgehead atoms. The summed E-state index contributed by atoms with van der Waals surface area (Å²) >= 11 is 0. The van der Waals surface area contributed by atoms with E-state index in [1.54, 1.807) is 0 Å². The first-order valence-electron chi connectivity index (χ1n) is 6.28. The van der Waals surface area contributed by atoms with Gasteiger partial charge >= 0.3 is 0 Å². The topological polar surface area (TPSA) is 47.0 Å². The molecule has 0 spiro atoms. The van der Waals surface area contributed by atoms with E-state index in [1.807, 2.05) is 38.1 Å². The van der Waals surface area contributed by atoms with Gasteiger partial charge in [0.05, 0.1) is 23.3 Å². The van der Waals surface area contributed by atoms with Gasteiger partial charge in [-0.05, 0) is 32.9 Å². The number of hydrogen-bond acceptors (Lipinski definition) is 4. The molecule has 0 aliphatic heterocycles. The maximum absolute atomic E-state index is 5.38. The monoisotopic (exact) mass is 245 g/mol. The maximum atomic E-state index is 5.38. The van der Waals surface area contributed by atoms with Crippen molar-refractivity contribution >= 4 is 16.9 Å². The van der Waals surface area contributed by atoms with E-state index in [4.69, 9.17) is 4.74 Å². The molecule has 0 saturated heterocycles. The fourth-order valence-electron chi connectivity index (χ4n) is 1.79. The van der Waals surface area contributed by atoms with Crippen molar-refractivity contribution in [3.05, 3.63) is 30.0 Å². The molecule has 1 N–H and O–H groups in total. The maximum Gasteiger partial charge on any atom is 0.148 e. The molecule has 0 aliphatic rings. The first-order valence-corrected chi connectivity index (χ1v) is 6.28. The molecular weight excluding hydrogens is 226 g/mol. The van der Waals surface area contributed by atoms with Crippen LogP contribution in [0.2, 0.25) is 0 Å². The third kappa shape index (κ3) is 2.96. The van der Waals surface area contributed by atoms with E-state index in [9.17, 15) is 0 Å². The van der Waals surface area contributed by atoms with Crippen LogP contribution in [-0.4, -0.2) is 29.2 Å². The zero-order valence-corrected chi connectivity index (χ0v) is 11.1. The average molecular weight is 245 g/mol. The normalized spacial score (nSPS) is 12.6. The number of nitrogens with zero attached hydrogens (tertiary/aromatic N) is 2. The number of hydrogen-bond donors (Lipinski definition) is 1. The van der Waals surface area contributed by atoms with Crippen molar-refractivity contribution < 1.29 is 4.74 Å². The fraction of sp³-hybridized carbons (Fsp3) is 0.429. The van der Waals surface area contributed by atoms with Gasteiger partial charge in [-0.2, -0.15) is 0 Å². The van der Waals surface area contributed by atoms with E-state index < -0.39 is 0 Å². The number of ether oxygens (including phenoxy) is 1. The van der Waals surface area contributed by atoms with Gasteiger partial charge in [-0.3, -0.25) is 0 Å². The summed E-state index contributed by atoms with van der Waals surface area (Å²) in [6.07, 6.45) is 0. The molecule has 2 aromatic rings. The van der Waals surface area contributed by atoms with Crippen LogP contribution in [0.1, 0.15) is 19.5 Å². The van der Waals surface area contributed by atoms with Gasteiger partial charge in [-0.15, -0.1) is 0 Å². The number of rotatable bonds is 5. The third-order valence-electron chi connectivity index (χ3n) is 2.70. The van der Waals surface area contributed by atoms with Crippen LogP contribution in [0.3, 0.4) is 0 Å². The van der Waals surface area contributed by atoms with Crippen LogP contribution in [-0.2, 0) is 4.74 Å². The molecule has 0 saturated carbocycles. The Labute approximate surface area is 107 Å². The van der Waals surface area contributed by atoms with E-state index in [0.29, 0.717) is 6.61 Å². The van der Waals surface area contributed by atoms with Crippen molar-refractivity contribution in [1.82, 2.24) is 9.97 Å². The van der Waals surface area contributed by atoms with Crippen molar-refractivity contribution in [1.29, 1.82) is 0 Å². The molecule has 1 unspecified atom stereocenters. The predicted octanol–water partition coefficient (Wildman–Crippen LogP) is 2.78. The Morgan fingerprint density at radius 1 is 1.22 bits per heavy atom. The fourth-order valence-corrected chi connectivity index (χ4v) is 1.79. The first kappa shape index (κ1) is 12.8. The van der Waals surface area contributed by atoms with Gasteiger partial charge in [-0.1, -0.05) is 12.1 Å². The molecule has 18 heavy (non-hydrogen) atoms. The highest BCUT2D eigenvalue weighted by atomic mass is 16.5. The lowest BCUT2D eigenvalue weighted by Gasteiger charge is -2.15. The smallest absolute Gasteiger partial charge is 0.148 e. The molecule has 1 aromatic heterocycles. The predicted molar refractivity (Wildman–Crippen MR) is 73.9 cm³/mol. The summed E-state index contributed by atoms with van der Waals surface area (Å²) < 4.78 is 5.38. The van der Waals surface area contributed by atoms with Gasteiger partial charge in [0.15, 0.2) is 0 Å². The van der Waals surface area contributed by atoms with E-state index in [0.717, 1.165) is 29.2 Å². The second-order valence-corrected chi connectivity index (χ2v) is 4.35. The van der Waals surface area contributed by atoms with Gasteiger partial charge in [0.1, 0.15) is 5.82 Å². The molecule has 1 aromatic carbocycles. The first-order chi connectivity index (χ1) is 8.70. The lowest BCUT2D eigenvalue weighted by atomic mass is 10.2. The number of benzene rings is 1. The van der Waals surface area contributed by atoms with Gasteiger partial charge in [0.25, 0.3) is 0 Å². The van der Waals surface area contributed by atoms with Crippen LogP contribution >= 0.6 is 0 Å². The molecular formula is C14H19N3O. The minimum atomic E-state index is 0.221. The molecule has 0 radical (unpaired) electrons. The summed E-state index contributed by atoms with van der Waals surface area (Å²) in [7, 11) is 0. The number of fused-ring (bicyclic) bond motifs is 1. The minimum absolute atomic E-state index is 0.221. The second-order valence-electron chi connectivity index (χ2n) is 4.35. The largest absolute Gasteiger partial charge is 0.380 e. The van der Waals surface area contributed by atoms with Crippen LogP contribution in [0.4, 0.5) is 5.82 Å². The third-order valence-corrected chi connectivity index (χ3v) is 2.70. The Balaban J connectivity index is 2.19. The van der Waals surface area contributed by atoms with Crippen molar-refractivity contribution in [2.45, 2.75) is 26.8 Å². The van der Waals surface area contributed by atoms with Crippen LogP contribution in [0.5, 0.6) is 0 Å². The molecule has 1 heterocycles. The molecule has 0 amide bonds. The SMILES string of the molecule is CCOCC(C)Nc1nc2ccccc2nc1C. The van der Waals surface area contributed by atoms with Gasteiger partial charge in [-0.25, -0.2) is 9.97 Å². The zero-order valence-electron chi connectivity index (χ0n) is 11.1. The lowest BCUT2D eigenvalue weighted by Crippen LogP contribution is -2.23. The summed E-state index contributed by atoms with van der Waals surface area (Å²) in [6, 6.07) is 8.11. The number of aromatic nitrogens is 2.